The average molecular weight is 314 g/mol. The summed E-state index contributed by atoms with van der Waals surface area (Å²) < 4.78 is 55.3. The molecule has 0 unspecified atom stereocenters. The highest BCUT2D eigenvalue weighted by molar-refractivity contribution is 7.92. The number of pyridine rings is 1. The number of benzene rings is 1. The zero-order chi connectivity index (χ0) is 15.3. The maximum atomic E-state index is 12.1. The molecule has 0 spiro atoms. The summed E-state index contributed by atoms with van der Waals surface area (Å²) in [6.45, 7) is -0.735. The highest BCUT2D eigenvalue weighted by Crippen LogP contribution is 2.19. The molecule has 0 saturated heterocycles. The summed E-state index contributed by atoms with van der Waals surface area (Å²) in [7, 11) is -3.74. The first-order valence-electron chi connectivity index (χ1n) is 5.91. The zero-order valence-electron chi connectivity index (χ0n) is 10.7. The lowest BCUT2D eigenvalue weighted by Crippen LogP contribution is -2.13. The Morgan fingerprint density at radius 1 is 1.10 bits per heavy atom. The lowest BCUT2D eigenvalue weighted by molar-refractivity contribution is 0.0819. The molecule has 0 aliphatic carbocycles. The molecule has 1 aromatic carbocycles. The molecular formula is C13H12F2N2O3S. The number of hydrogen-bond acceptors (Lipinski definition) is 4. The van der Waals surface area contributed by atoms with Crippen LogP contribution in [0.3, 0.4) is 0 Å². The number of nitrogens with one attached hydrogen (secondary N) is 1. The number of nitrogens with zero attached hydrogens (tertiary/aromatic N) is 1. The summed E-state index contributed by atoms with van der Waals surface area (Å²) >= 11 is 0. The molecular weight excluding hydrogens is 302 g/mol. The molecule has 0 bridgehead atoms. The molecule has 1 heterocycles. The molecule has 2 aromatic rings. The van der Waals surface area contributed by atoms with Gasteiger partial charge in [-0.15, -0.1) is 0 Å². The molecule has 0 saturated carbocycles. The van der Waals surface area contributed by atoms with Gasteiger partial charge in [0.25, 0.3) is 16.4 Å². The molecule has 2 rings (SSSR count). The Morgan fingerprint density at radius 3 is 2.29 bits per heavy atom. The smallest absolute Gasteiger partial charge is 0.272 e. The van der Waals surface area contributed by atoms with E-state index in [4.69, 9.17) is 4.74 Å². The number of sulfonamides is 1. The minimum atomic E-state index is -3.74. The number of rotatable bonds is 6. The fraction of sp³-hybridized carbons (Fsp3) is 0.154. The van der Waals surface area contributed by atoms with Crippen LogP contribution in [-0.2, 0) is 10.0 Å². The number of aromatic nitrogens is 1. The Bertz CT molecular complexity index is 676. The molecule has 0 fully saturated rings. The number of alkyl halides is 2. The van der Waals surface area contributed by atoms with Gasteiger partial charge in [-0.3, -0.25) is 9.71 Å². The Labute approximate surface area is 120 Å². The Hall–Kier alpha value is -2.22. The predicted octanol–water partition coefficient (Wildman–Crippen LogP) is 2.53. The van der Waals surface area contributed by atoms with Crippen LogP contribution in [0.1, 0.15) is 0 Å². The summed E-state index contributed by atoms with van der Waals surface area (Å²) in [6.07, 6.45) is 0.333. The van der Waals surface area contributed by atoms with Crippen molar-refractivity contribution in [2.45, 2.75) is 11.3 Å². The van der Waals surface area contributed by atoms with Gasteiger partial charge in [0, 0.05) is 12.4 Å². The second-order valence-corrected chi connectivity index (χ2v) is 5.70. The van der Waals surface area contributed by atoms with Crippen molar-refractivity contribution in [1.82, 2.24) is 4.98 Å². The predicted molar refractivity (Wildman–Crippen MR) is 73.0 cm³/mol. The SMILES string of the molecule is O=S(=O)(Nc1ccncc1)c1ccc(OCC(F)F)cc1. The van der Waals surface area contributed by atoms with Gasteiger partial charge in [0.05, 0.1) is 10.6 Å². The van der Waals surface area contributed by atoms with E-state index in [0.717, 1.165) is 0 Å². The Balaban J connectivity index is 2.10. The summed E-state index contributed by atoms with van der Waals surface area (Å²) in [4.78, 5) is 3.79. The first kappa shape index (κ1) is 15.2. The fourth-order valence-electron chi connectivity index (χ4n) is 1.51. The minimum Gasteiger partial charge on any atom is -0.488 e. The van der Waals surface area contributed by atoms with Crippen LogP contribution in [0, 0.1) is 0 Å². The van der Waals surface area contributed by atoms with Gasteiger partial charge in [-0.1, -0.05) is 0 Å². The second kappa shape index (κ2) is 6.49. The first-order chi connectivity index (χ1) is 9.97. The molecule has 0 amide bonds. The maximum Gasteiger partial charge on any atom is 0.272 e. The van der Waals surface area contributed by atoms with Crippen molar-refractivity contribution < 1.29 is 21.9 Å². The van der Waals surface area contributed by atoms with E-state index in [1.165, 1.54) is 48.8 Å². The van der Waals surface area contributed by atoms with Crippen LogP contribution in [0.15, 0.2) is 53.7 Å². The minimum absolute atomic E-state index is 0.00343. The molecule has 112 valence electrons. The van der Waals surface area contributed by atoms with Crippen molar-refractivity contribution in [3.05, 3.63) is 48.8 Å². The molecule has 0 aliphatic rings. The van der Waals surface area contributed by atoms with Crippen LogP contribution in [0.4, 0.5) is 14.5 Å². The highest BCUT2D eigenvalue weighted by atomic mass is 32.2. The van der Waals surface area contributed by atoms with Crippen LogP contribution in [0.5, 0.6) is 5.75 Å². The fourth-order valence-corrected chi connectivity index (χ4v) is 2.57. The third-order valence-corrected chi connectivity index (χ3v) is 3.84. The number of hydrogen-bond donors (Lipinski definition) is 1. The highest BCUT2D eigenvalue weighted by Gasteiger charge is 2.14. The van der Waals surface area contributed by atoms with E-state index in [1.807, 2.05) is 0 Å². The van der Waals surface area contributed by atoms with E-state index in [2.05, 4.69) is 9.71 Å². The van der Waals surface area contributed by atoms with Crippen LogP contribution < -0.4 is 9.46 Å². The topological polar surface area (TPSA) is 68.3 Å². The van der Waals surface area contributed by atoms with E-state index < -0.39 is 23.1 Å². The van der Waals surface area contributed by atoms with Crippen LogP contribution >= 0.6 is 0 Å². The van der Waals surface area contributed by atoms with Gasteiger partial charge in [-0.05, 0) is 36.4 Å². The van der Waals surface area contributed by atoms with Gasteiger partial charge >= 0.3 is 0 Å². The van der Waals surface area contributed by atoms with E-state index >= 15 is 0 Å². The van der Waals surface area contributed by atoms with E-state index in [1.54, 1.807) is 0 Å². The first-order valence-corrected chi connectivity index (χ1v) is 7.39. The number of anilines is 1. The molecule has 0 aliphatic heterocycles. The van der Waals surface area contributed by atoms with Crippen molar-refractivity contribution in [3.63, 3.8) is 0 Å². The van der Waals surface area contributed by atoms with Crippen molar-refractivity contribution in [2.24, 2.45) is 0 Å². The molecule has 0 radical (unpaired) electrons. The number of ether oxygens (including phenoxy) is 1. The maximum absolute atomic E-state index is 12.1. The van der Waals surface area contributed by atoms with Gasteiger partial charge in [-0.25, -0.2) is 17.2 Å². The third-order valence-electron chi connectivity index (χ3n) is 2.44. The standard InChI is InChI=1S/C13H12F2N2O3S/c14-13(15)9-20-11-1-3-12(4-2-11)21(18,19)17-10-5-7-16-8-6-10/h1-8,13H,9H2,(H,16,17). The van der Waals surface area contributed by atoms with Crippen LogP contribution in [-0.4, -0.2) is 26.4 Å². The quantitative estimate of drug-likeness (QED) is 0.889. The van der Waals surface area contributed by atoms with Gasteiger partial charge < -0.3 is 4.74 Å². The zero-order valence-corrected chi connectivity index (χ0v) is 11.6. The lowest BCUT2D eigenvalue weighted by Gasteiger charge is -2.09. The molecule has 0 atom stereocenters. The third kappa shape index (κ3) is 4.38. The molecule has 1 N–H and O–H groups in total. The monoisotopic (exact) mass is 314 g/mol. The Morgan fingerprint density at radius 2 is 1.71 bits per heavy atom. The molecule has 1 aromatic heterocycles. The van der Waals surface area contributed by atoms with Gasteiger partial charge in [-0.2, -0.15) is 0 Å². The summed E-state index contributed by atoms with van der Waals surface area (Å²) in [5.74, 6) is 0.179. The Kier molecular flexibility index (Phi) is 4.69. The van der Waals surface area contributed by atoms with E-state index in [0.29, 0.717) is 5.69 Å². The van der Waals surface area contributed by atoms with Gasteiger partial charge in [0.2, 0.25) is 0 Å². The van der Waals surface area contributed by atoms with Crippen molar-refractivity contribution in [2.75, 3.05) is 11.3 Å². The number of halogens is 2. The summed E-state index contributed by atoms with van der Waals surface area (Å²) in [5, 5.41) is 0. The average Bonchev–Trinajstić information content (AvgIpc) is 2.46. The molecule has 8 heteroatoms. The lowest BCUT2D eigenvalue weighted by atomic mass is 10.3. The van der Waals surface area contributed by atoms with Crippen LogP contribution in [0.25, 0.3) is 0 Å². The largest absolute Gasteiger partial charge is 0.488 e. The molecule has 5 nitrogen and oxygen atoms in total. The van der Waals surface area contributed by atoms with E-state index in [-0.39, 0.29) is 10.6 Å². The van der Waals surface area contributed by atoms with Crippen molar-refractivity contribution >= 4 is 15.7 Å². The normalized spacial score (nSPS) is 11.4. The summed E-state index contributed by atoms with van der Waals surface area (Å²) in [5.41, 5.74) is 0.378. The van der Waals surface area contributed by atoms with E-state index in [9.17, 15) is 17.2 Å². The summed E-state index contributed by atoms with van der Waals surface area (Å²) in [6, 6.07) is 8.23. The van der Waals surface area contributed by atoms with Crippen LogP contribution in [0.2, 0.25) is 0 Å². The van der Waals surface area contributed by atoms with Gasteiger partial charge in [0.15, 0.2) is 0 Å². The molecule has 21 heavy (non-hydrogen) atoms. The second-order valence-electron chi connectivity index (χ2n) is 4.01. The van der Waals surface area contributed by atoms with Crippen molar-refractivity contribution in [1.29, 1.82) is 0 Å². The van der Waals surface area contributed by atoms with Gasteiger partial charge in [0.1, 0.15) is 12.4 Å². The van der Waals surface area contributed by atoms with Crippen molar-refractivity contribution in [3.8, 4) is 5.75 Å².